The Hall–Kier alpha value is -2.39. The van der Waals surface area contributed by atoms with Gasteiger partial charge in [0.15, 0.2) is 5.82 Å². The van der Waals surface area contributed by atoms with E-state index in [1.165, 1.54) is 6.07 Å². The summed E-state index contributed by atoms with van der Waals surface area (Å²) in [4.78, 5) is 8.93. The van der Waals surface area contributed by atoms with E-state index in [4.69, 9.17) is 0 Å². The van der Waals surface area contributed by atoms with E-state index in [0.717, 1.165) is 54.5 Å². The zero-order chi connectivity index (χ0) is 17.9. The molecule has 1 fully saturated rings. The molecule has 3 heterocycles. The van der Waals surface area contributed by atoms with E-state index < -0.39 is 0 Å². The second-order valence-electron chi connectivity index (χ2n) is 6.35. The number of nitrogens with one attached hydrogen (secondary N) is 1. The highest BCUT2D eigenvalue weighted by atomic mass is 32.1. The van der Waals surface area contributed by atoms with Crippen LogP contribution in [0.3, 0.4) is 0 Å². The van der Waals surface area contributed by atoms with Gasteiger partial charge in [-0.15, -0.1) is 10.2 Å². The van der Waals surface area contributed by atoms with Crippen molar-refractivity contribution in [1.82, 2.24) is 30.3 Å². The third-order valence-corrected chi connectivity index (χ3v) is 5.39. The molecular weight excluding hydrogens is 353 g/mol. The Balaban J connectivity index is 1.33. The van der Waals surface area contributed by atoms with Crippen LogP contribution in [0.5, 0.6) is 0 Å². The van der Waals surface area contributed by atoms with E-state index in [9.17, 15) is 4.39 Å². The van der Waals surface area contributed by atoms with E-state index in [2.05, 4.69) is 35.2 Å². The van der Waals surface area contributed by atoms with Gasteiger partial charge in [-0.2, -0.15) is 5.10 Å². The van der Waals surface area contributed by atoms with Crippen molar-refractivity contribution in [3.8, 4) is 0 Å². The molecule has 9 heteroatoms. The number of hydrogen-bond acceptors (Lipinski definition) is 7. The van der Waals surface area contributed by atoms with Crippen molar-refractivity contribution in [1.29, 1.82) is 0 Å². The molecule has 2 aromatic heterocycles. The highest BCUT2D eigenvalue weighted by molar-refractivity contribution is 7.15. The summed E-state index contributed by atoms with van der Waals surface area (Å²) in [6.07, 6.45) is 0.481. The smallest absolute Gasteiger partial charge is 0.208 e. The van der Waals surface area contributed by atoms with Gasteiger partial charge >= 0.3 is 0 Å². The van der Waals surface area contributed by atoms with Gasteiger partial charge in [0.25, 0.3) is 0 Å². The van der Waals surface area contributed by atoms with Crippen LogP contribution in [0.1, 0.15) is 22.2 Å². The monoisotopic (exact) mass is 373 g/mol. The fourth-order valence-corrected chi connectivity index (χ4v) is 3.92. The first-order valence-corrected chi connectivity index (χ1v) is 9.40. The number of halogens is 1. The lowest BCUT2D eigenvalue weighted by Gasteiger charge is -2.33. The van der Waals surface area contributed by atoms with Crippen molar-refractivity contribution < 1.29 is 4.39 Å². The van der Waals surface area contributed by atoms with Crippen LogP contribution < -0.4 is 4.90 Å². The van der Waals surface area contributed by atoms with Crippen LogP contribution in [0.4, 0.5) is 9.52 Å². The lowest BCUT2D eigenvalue weighted by Crippen LogP contribution is -2.46. The first kappa shape index (κ1) is 17.0. The molecule has 1 aliphatic heterocycles. The van der Waals surface area contributed by atoms with Crippen LogP contribution in [0.25, 0.3) is 0 Å². The van der Waals surface area contributed by atoms with E-state index in [0.29, 0.717) is 12.0 Å². The molecule has 1 N–H and O–H groups in total. The van der Waals surface area contributed by atoms with Crippen LogP contribution >= 0.6 is 11.3 Å². The zero-order valence-electron chi connectivity index (χ0n) is 14.5. The molecule has 0 aliphatic carbocycles. The summed E-state index contributed by atoms with van der Waals surface area (Å²) in [5.41, 5.74) is 0.654. The van der Waals surface area contributed by atoms with E-state index >= 15 is 0 Å². The second-order valence-corrected chi connectivity index (χ2v) is 7.39. The average Bonchev–Trinajstić information content (AvgIpc) is 3.27. The van der Waals surface area contributed by atoms with Gasteiger partial charge in [0.1, 0.15) is 16.6 Å². The number of aromatic amines is 1. The van der Waals surface area contributed by atoms with Crippen molar-refractivity contribution in [3.05, 3.63) is 52.3 Å². The molecule has 1 aliphatic rings. The Morgan fingerprint density at radius 2 is 1.96 bits per heavy atom. The Bertz CT molecular complexity index is 869. The number of rotatable bonds is 5. The summed E-state index contributed by atoms with van der Waals surface area (Å²) in [7, 11) is 0. The maximum atomic E-state index is 13.8. The first-order valence-electron chi connectivity index (χ1n) is 8.58. The molecule has 3 aromatic rings. The van der Waals surface area contributed by atoms with Crippen molar-refractivity contribution in [2.45, 2.75) is 19.9 Å². The number of aromatic nitrogens is 5. The lowest BCUT2D eigenvalue weighted by atomic mass is 10.1. The second kappa shape index (κ2) is 7.46. The largest absolute Gasteiger partial charge is 0.344 e. The Morgan fingerprint density at radius 1 is 1.15 bits per heavy atom. The molecule has 7 nitrogen and oxygen atoms in total. The number of aryl methyl sites for hydroxylation is 1. The van der Waals surface area contributed by atoms with Gasteiger partial charge in [-0.05, 0) is 18.6 Å². The van der Waals surface area contributed by atoms with Gasteiger partial charge in [-0.25, -0.2) is 9.37 Å². The summed E-state index contributed by atoms with van der Waals surface area (Å²) in [6.45, 7) is 6.29. The summed E-state index contributed by atoms with van der Waals surface area (Å²) >= 11 is 1.54. The Kier molecular flexibility index (Phi) is 4.89. The maximum Gasteiger partial charge on any atom is 0.208 e. The molecule has 0 spiro atoms. The van der Waals surface area contributed by atoms with Crippen LogP contribution in [0.2, 0.25) is 0 Å². The summed E-state index contributed by atoms with van der Waals surface area (Å²) in [6, 6.07) is 6.81. The highest BCUT2D eigenvalue weighted by Gasteiger charge is 2.21. The topological polar surface area (TPSA) is 73.8 Å². The maximum absolute atomic E-state index is 13.8. The molecule has 1 aromatic carbocycles. The van der Waals surface area contributed by atoms with Crippen molar-refractivity contribution in [2.75, 3.05) is 31.1 Å². The highest BCUT2D eigenvalue weighted by Crippen LogP contribution is 2.24. The number of anilines is 1. The predicted octanol–water partition coefficient (Wildman–Crippen LogP) is 2.02. The van der Waals surface area contributed by atoms with Crippen LogP contribution in [-0.4, -0.2) is 56.5 Å². The number of hydrogen-bond donors (Lipinski definition) is 1. The van der Waals surface area contributed by atoms with Gasteiger partial charge in [0.2, 0.25) is 5.13 Å². The van der Waals surface area contributed by atoms with Crippen molar-refractivity contribution in [2.24, 2.45) is 0 Å². The van der Waals surface area contributed by atoms with Gasteiger partial charge in [-0.3, -0.25) is 10.00 Å². The van der Waals surface area contributed by atoms with Crippen molar-refractivity contribution in [3.63, 3.8) is 0 Å². The standard InChI is InChI=1S/C17H20FN7S/c1-12-19-15(21-20-12)11-24-6-8-25(9-7-24)17-23-22-16(26-17)10-13-4-2-3-5-14(13)18/h2-5H,6-11H2,1H3,(H,19,20,21). The summed E-state index contributed by atoms with van der Waals surface area (Å²) < 4.78 is 13.8. The normalized spacial score (nSPS) is 15.5. The number of H-pyrrole nitrogens is 1. The minimum atomic E-state index is -0.194. The quantitative estimate of drug-likeness (QED) is 0.738. The number of benzene rings is 1. The Labute approximate surface area is 154 Å². The SMILES string of the molecule is Cc1nc(CN2CCN(c3nnc(Cc4ccccc4F)s3)CC2)n[nH]1. The molecule has 0 radical (unpaired) electrons. The lowest BCUT2D eigenvalue weighted by molar-refractivity contribution is 0.244. The average molecular weight is 373 g/mol. The van der Waals surface area contributed by atoms with Gasteiger partial charge in [0.05, 0.1) is 6.54 Å². The molecular formula is C17H20FN7S. The molecule has 4 rings (SSSR count). The number of piperazine rings is 1. The molecule has 136 valence electrons. The molecule has 0 amide bonds. The third kappa shape index (κ3) is 3.88. The number of nitrogens with zero attached hydrogens (tertiary/aromatic N) is 6. The first-order chi connectivity index (χ1) is 12.7. The van der Waals surface area contributed by atoms with Crippen LogP contribution in [0.15, 0.2) is 24.3 Å². The van der Waals surface area contributed by atoms with Crippen LogP contribution in [0, 0.1) is 12.7 Å². The molecule has 0 saturated carbocycles. The van der Waals surface area contributed by atoms with Gasteiger partial charge < -0.3 is 4.90 Å². The summed E-state index contributed by atoms with van der Waals surface area (Å²) in [5, 5.41) is 17.4. The molecule has 0 bridgehead atoms. The fourth-order valence-electron chi connectivity index (χ4n) is 3.01. The Morgan fingerprint density at radius 3 is 2.69 bits per heavy atom. The van der Waals surface area contributed by atoms with Crippen molar-refractivity contribution >= 4 is 16.5 Å². The fraction of sp³-hybridized carbons (Fsp3) is 0.412. The molecule has 1 saturated heterocycles. The van der Waals surface area contributed by atoms with Crippen LogP contribution in [-0.2, 0) is 13.0 Å². The minimum Gasteiger partial charge on any atom is -0.344 e. The summed E-state index contributed by atoms with van der Waals surface area (Å²) in [5.74, 6) is 1.48. The van der Waals surface area contributed by atoms with E-state index in [1.807, 2.05) is 13.0 Å². The predicted molar refractivity (Wildman–Crippen MR) is 97.7 cm³/mol. The van der Waals surface area contributed by atoms with E-state index in [1.54, 1.807) is 23.5 Å². The molecule has 0 unspecified atom stereocenters. The molecule has 0 atom stereocenters. The van der Waals surface area contributed by atoms with Gasteiger partial charge in [-0.1, -0.05) is 29.5 Å². The zero-order valence-corrected chi connectivity index (χ0v) is 15.3. The third-order valence-electron chi connectivity index (χ3n) is 4.41. The van der Waals surface area contributed by atoms with Gasteiger partial charge in [0, 0.05) is 32.6 Å². The minimum absolute atomic E-state index is 0.194. The molecule has 26 heavy (non-hydrogen) atoms. The van der Waals surface area contributed by atoms with E-state index in [-0.39, 0.29) is 5.82 Å².